The lowest BCUT2D eigenvalue weighted by Gasteiger charge is -2.39. The van der Waals surface area contributed by atoms with E-state index in [0.29, 0.717) is 26.1 Å². The molecule has 1 aromatic carbocycles. The van der Waals surface area contributed by atoms with E-state index in [9.17, 15) is 9.59 Å². The molecule has 0 spiro atoms. The first-order chi connectivity index (χ1) is 11.6. The molecular weight excluding hydrogens is 306 g/mol. The van der Waals surface area contributed by atoms with Crippen LogP contribution in [0, 0.1) is 0 Å². The highest BCUT2D eigenvalue weighted by atomic mass is 16.5. The van der Waals surface area contributed by atoms with Crippen LogP contribution < -0.4 is 10.2 Å². The Labute approximate surface area is 142 Å². The van der Waals surface area contributed by atoms with Crippen LogP contribution in [0.4, 0.5) is 5.69 Å². The lowest BCUT2D eigenvalue weighted by molar-refractivity contribution is -0.145. The van der Waals surface area contributed by atoms with Crippen molar-refractivity contribution < 1.29 is 14.3 Å². The van der Waals surface area contributed by atoms with Gasteiger partial charge in [-0.15, -0.1) is 0 Å². The summed E-state index contributed by atoms with van der Waals surface area (Å²) < 4.78 is 5.56. The van der Waals surface area contributed by atoms with Crippen LogP contribution >= 0.6 is 0 Å². The van der Waals surface area contributed by atoms with Crippen LogP contribution in [0.15, 0.2) is 30.3 Å². The lowest BCUT2D eigenvalue weighted by atomic mass is 10.0. The summed E-state index contributed by atoms with van der Waals surface area (Å²) in [5.41, 5.74) is 0.889. The molecule has 2 amide bonds. The van der Waals surface area contributed by atoms with Crippen molar-refractivity contribution in [1.29, 1.82) is 0 Å². The Morgan fingerprint density at radius 3 is 2.79 bits per heavy atom. The highest BCUT2D eigenvalue weighted by Gasteiger charge is 2.38. The summed E-state index contributed by atoms with van der Waals surface area (Å²) in [6, 6.07) is 8.84. The van der Waals surface area contributed by atoms with Crippen LogP contribution in [-0.4, -0.2) is 61.6 Å². The van der Waals surface area contributed by atoms with Gasteiger partial charge in [0, 0.05) is 25.8 Å². The van der Waals surface area contributed by atoms with Gasteiger partial charge in [-0.3, -0.25) is 9.59 Å². The zero-order valence-electron chi connectivity index (χ0n) is 14.3. The van der Waals surface area contributed by atoms with Crippen molar-refractivity contribution in [3.05, 3.63) is 30.3 Å². The SMILES string of the molecule is C[C@H]1OCCN[C@@H]1C(=O)N(C)C1CCCN(c2ccccc2)C1=O. The van der Waals surface area contributed by atoms with Crippen LogP contribution in [-0.2, 0) is 14.3 Å². The zero-order valence-corrected chi connectivity index (χ0v) is 14.3. The van der Waals surface area contributed by atoms with Gasteiger partial charge < -0.3 is 19.9 Å². The quantitative estimate of drug-likeness (QED) is 0.898. The van der Waals surface area contributed by atoms with Gasteiger partial charge in [0.05, 0.1) is 12.7 Å². The number of ether oxygens (including phenoxy) is 1. The van der Waals surface area contributed by atoms with Crippen molar-refractivity contribution in [3.8, 4) is 0 Å². The average molecular weight is 331 g/mol. The third kappa shape index (κ3) is 3.30. The van der Waals surface area contributed by atoms with Gasteiger partial charge in [-0.25, -0.2) is 0 Å². The van der Waals surface area contributed by atoms with Crippen LogP contribution in [0.1, 0.15) is 19.8 Å². The molecule has 2 fully saturated rings. The second kappa shape index (κ2) is 7.32. The molecule has 2 aliphatic rings. The molecular formula is C18H25N3O3. The Bertz CT molecular complexity index is 592. The maximum absolute atomic E-state index is 12.9. The molecule has 0 radical (unpaired) electrons. The van der Waals surface area contributed by atoms with Crippen molar-refractivity contribution in [3.63, 3.8) is 0 Å². The summed E-state index contributed by atoms with van der Waals surface area (Å²) in [7, 11) is 1.72. The van der Waals surface area contributed by atoms with Gasteiger partial charge in [-0.2, -0.15) is 0 Å². The molecule has 24 heavy (non-hydrogen) atoms. The highest BCUT2D eigenvalue weighted by Crippen LogP contribution is 2.24. The van der Waals surface area contributed by atoms with E-state index < -0.39 is 6.04 Å². The molecule has 1 unspecified atom stereocenters. The summed E-state index contributed by atoms with van der Waals surface area (Å²) in [5, 5.41) is 3.21. The number of carbonyl (C=O) groups is 2. The molecule has 6 nitrogen and oxygen atoms in total. The van der Waals surface area contributed by atoms with E-state index in [0.717, 1.165) is 12.1 Å². The van der Waals surface area contributed by atoms with Gasteiger partial charge in [-0.1, -0.05) is 18.2 Å². The molecule has 2 aliphatic heterocycles. The Morgan fingerprint density at radius 2 is 2.08 bits per heavy atom. The summed E-state index contributed by atoms with van der Waals surface area (Å²) in [4.78, 5) is 29.1. The number of carbonyl (C=O) groups excluding carboxylic acids is 2. The summed E-state index contributed by atoms with van der Waals surface area (Å²) in [6.07, 6.45) is 1.40. The third-order valence-electron chi connectivity index (χ3n) is 4.88. The maximum atomic E-state index is 12.9. The smallest absolute Gasteiger partial charge is 0.249 e. The van der Waals surface area contributed by atoms with E-state index in [2.05, 4.69) is 5.32 Å². The van der Waals surface area contributed by atoms with Crippen LogP contribution in [0.5, 0.6) is 0 Å². The largest absolute Gasteiger partial charge is 0.375 e. The molecule has 1 N–H and O–H groups in total. The number of nitrogens with zero attached hydrogens (tertiary/aromatic N) is 2. The van der Waals surface area contributed by atoms with Gasteiger partial charge >= 0.3 is 0 Å². The fourth-order valence-electron chi connectivity index (χ4n) is 3.46. The molecule has 2 heterocycles. The van der Waals surface area contributed by atoms with Crippen LogP contribution in [0.25, 0.3) is 0 Å². The van der Waals surface area contributed by atoms with Crippen LogP contribution in [0.2, 0.25) is 0 Å². The molecule has 0 aliphatic carbocycles. The number of likely N-dealkylation sites (N-methyl/N-ethyl adjacent to an activating group) is 1. The number of hydrogen-bond acceptors (Lipinski definition) is 4. The molecule has 0 bridgehead atoms. The molecule has 2 saturated heterocycles. The minimum Gasteiger partial charge on any atom is -0.375 e. The van der Waals surface area contributed by atoms with Gasteiger partial charge in [0.2, 0.25) is 11.8 Å². The second-order valence-corrected chi connectivity index (χ2v) is 6.44. The highest BCUT2D eigenvalue weighted by molar-refractivity contribution is 6.00. The van der Waals surface area contributed by atoms with Crippen molar-refractivity contribution in [2.45, 2.75) is 38.0 Å². The van der Waals surface area contributed by atoms with Gasteiger partial charge in [0.1, 0.15) is 12.1 Å². The minimum absolute atomic E-state index is 0.00678. The summed E-state index contributed by atoms with van der Waals surface area (Å²) >= 11 is 0. The number of benzene rings is 1. The lowest BCUT2D eigenvalue weighted by Crippen LogP contribution is -2.60. The van der Waals surface area contributed by atoms with Gasteiger partial charge in [-0.05, 0) is 31.9 Å². The fraction of sp³-hybridized carbons (Fsp3) is 0.556. The van der Waals surface area contributed by atoms with E-state index >= 15 is 0 Å². The zero-order chi connectivity index (χ0) is 17.1. The molecule has 6 heteroatoms. The van der Waals surface area contributed by atoms with Crippen LogP contribution in [0.3, 0.4) is 0 Å². The maximum Gasteiger partial charge on any atom is 0.249 e. The number of hydrogen-bond donors (Lipinski definition) is 1. The average Bonchev–Trinajstić information content (AvgIpc) is 2.62. The molecule has 0 saturated carbocycles. The van der Waals surface area contributed by atoms with Gasteiger partial charge in [0.25, 0.3) is 0 Å². The van der Waals surface area contributed by atoms with E-state index in [1.54, 1.807) is 16.8 Å². The number of anilines is 1. The number of rotatable bonds is 3. The topological polar surface area (TPSA) is 61.9 Å². The number of piperidine rings is 1. The first kappa shape index (κ1) is 16.9. The number of amides is 2. The minimum atomic E-state index is -0.414. The normalized spacial score (nSPS) is 27.8. The molecule has 3 atom stereocenters. The third-order valence-corrected chi connectivity index (χ3v) is 4.88. The predicted molar refractivity (Wildman–Crippen MR) is 91.8 cm³/mol. The Balaban J connectivity index is 1.73. The van der Waals surface area contributed by atoms with Crippen molar-refractivity contribution in [2.75, 3.05) is 31.6 Å². The van der Waals surface area contributed by atoms with E-state index in [-0.39, 0.29) is 24.0 Å². The van der Waals surface area contributed by atoms with Crippen molar-refractivity contribution in [2.24, 2.45) is 0 Å². The molecule has 1 aromatic rings. The Morgan fingerprint density at radius 1 is 1.33 bits per heavy atom. The summed E-state index contributed by atoms with van der Waals surface area (Å²) in [6.45, 7) is 3.85. The first-order valence-electron chi connectivity index (χ1n) is 8.57. The van der Waals surface area contributed by atoms with Crippen molar-refractivity contribution >= 4 is 17.5 Å². The standard InChI is InChI=1S/C18H25N3O3/c1-13-16(19-10-12-24-13)18(23)20(2)15-9-6-11-21(17(15)22)14-7-4-3-5-8-14/h3-5,7-8,13,15-16,19H,6,9-12H2,1-2H3/t13-,15?,16+/m1/s1. The first-order valence-corrected chi connectivity index (χ1v) is 8.57. The van der Waals surface area contributed by atoms with E-state index in [4.69, 9.17) is 4.74 Å². The molecule has 3 rings (SSSR count). The van der Waals surface area contributed by atoms with Crippen molar-refractivity contribution in [1.82, 2.24) is 10.2 Å². The Kier molecular flexibility index (Phi) is 5.16. The monoisotopic (exact) mass is 331 g/mol. The molecule has 130 valence electrons. The van der Waals surface area contributed by atoms with E-state index in [1.165, 1.54) is 0 Å². The molecule has 0 aromatic heterocycles. The van der Waals surface area contributed by atoms with E-state index in [1.807, 2.05) is 37.3 Å². The number of nitrogens with one attached hydrogen (secondary N) is 1. The van der Waals surface area contributed by atoms with Gasteiger partial charge in [0.15, 0.2) is 0 Å². The number of para-hydroxylation sites is 1. The number of morpholine rings is 1. The second-order valence-electron chi connectivity index (χ2n) is 6.44. The fourth-order valence-corrected chi connectivity index (χ4v) is 3.46. The summed E-state index contributed by atoms with van der Waals surface area (Å²) in [5.74, 6) is -0.0804. The predicted octanol–water partition coefficient (Wildman–Crippen LogP) is 1.02. The Hall–Kier alpha value is -1.92.